The molecular weight excluding hydrogens is 314 g/mol. The zero-order valence-corrected chi connectivity index (χ0v) is 13.5. The average molecular weight is 336 g/mol. The van der Waals surface area contributed by atoms with Crippen LogP contribution in [-0.2, 0) is 16.1 Å². The number of nitrogens with zero attached hydrogens (tertiary/aromatic N) is 1. The van der Waals surface area contributed by atoms with Crippen LogP contribution in [0.15, 0.2) is 30.3 Å². The van der Waals surface area contributed by atoms with E-state index in [2.05, 4.69) is 5.32 Å². The van der Waals surface area contributed by atoms with Crippen molar-refractivity contribution in [1.29, 1.82) is 0 Å². The summed E-state index contributed by atoms with van der Waals surface area (Å²) in [6.45, 7) is 1.13. The monoisotopic (exact) mass is 336 g/mol. The Kier molecular flexibility index (Phi) is 4.83. The van der Waals surface area contributed by atoms with Gasteiger partial charge in [0.05, 0.1) is 0 Å². The highest BCUT2D eigenvalue weighted by Crippen LogP contribution is 2.36. The van der Waals surface area contributed by atoms with Crippen molar-refractivity contribution in [2.24, 2.45) is 5.92 Å². The summed E-state index contributed by atoms with van der Waals surface area (Å²) in [4.78, 5) is 26.4. The Morgan fingerprint density at radius 3 is 2.50 bits per heavy atom. The van der Waals surface area contributed by atoms with Crippen LogP contribution in [-0.4, -0.2) is 35.2 Å². The molecular formula is C18H22F2N2O2. The van der Waals surface area contributed by atoms with Gasteiger partial charge in [0.25, 0.3) is 0 Å². The minimum Gasteiger partial charge on any atom is -0.344 e. The van der Waals surface area contributed by atoms with E-state index in [1.165, 1.54) is 0 Å². The van der Waals surface area contributed by atoms with Crippen molar-refractivity contribution in [2.45, 2.75) is 50.6 Å². The first kappa shape index (κ1) is 16.9. The smallest absolute Gasteiger partial charge is 0.248 e. The molecule has 130 valence electrons. The van der Waals surface area contributed by atoms with Crippen LogP contribution < -0.4 is 5.32 Å². The maximum atomic E-state index is 13.2. The molecule has 0 spiro atoms. The first-order valence-electron chi connectivity index (χ1n) is 8.45. The molecule has 2 amide bonds. The lowest BCUT2D eigenvalue weighted by Gasteiger charge is -2.28. The summed E-state index contributed by atoms with van der Waals surface area (Å²) in [6.07, 6.45) is 0.453. The number of alkyl halides is 2. The number of halogens is 2. The molecule has 1 N–H and O–H groups in total. The van der Waals surface area contributed by atoms with Gasteiger partial charge in [0.2, 0.25) is 17.7 Å². The summed E-state index contributed by atoms with van der Waals surface area (Å²) in [5, 5.41) is 2.77. The first-order chi connectivity index (χ1) is 11.4. The molecule has 1 aromatic carbocycles. The van der Waals surface area contributed by atoms with Gasteiger partial charge in [-0.1, -0.05) is 30.3 Å². The SMILES string of the molecule is O=C(NC1CCN(Cc2ccccc2)C1=O)C1CCC(F)(F)CC1. The largest absolute Gasteiger partial charge is 0.344 e. The average Bonchev–Trinajstić information content (AvgIpc) is 2.89. The number of benzene rings is 1. The van der Waals surface area contributed by atoms with E-state index < -0.39 is 17.9 Å². The lowest BCUT2D eigenvalue weighted by atomic mass is 9.86. The van der Waals surface area contributed by atoms with E-state index in [-0.39, 0.29) is 37.5 Å². The van der Waals surface area contributed by atoms with Crippen molar-refractivity contribution in [1.82, 2.24) is 10.2 Å². The van der Waals surface area contributed by atoms with Gasteiger partial charge in [0.15, 0.2) is 0 Å². The van der Waals surface area contributed by atoms with Crippen molar-refractivity contribution < 1.29 is 18.4 Å². The molecule has 2 fully saturated rings. The quantitative estimate of drug-likeness (QED) is 0.919. The van der Waals surface area contributed by atoms with Crippen LogP contribution in [0.5, 0.6) is 0 Å². The number of likely N-dealkylation sites (tertiary alicyclic amines) is 1. The van der Waals surface area contributed by atoms with Gasteiger partial charge in [0, 0.05) is 31.8 Å². The van der Waals surface area contributed by atoms with Gasteiger partial charge in [-0.25, -0.2) is 8.78 Å². The maximum Gasteiger partial charge on any atom is 0.248 e. The second kappa shape index (κ2) is 6.87. The van der Waals surface area contributed by atoms with Gasteiger partial charge in [-0.05, 0) is 24.8 Å². The van der Waals surface area contributed by atoms with Crippen LogP contribution in [0.3, 0.4) is 0 Å². The Morgan fingerprint density at radius 1 is 1.17 bits per heavy atom. The van der Waals surface area contributed by atoms with E-state index >= 15 is 0 Å². The fourth-order valence-corrected chi connectivity index (χ4v) is 3.43. The molecule has 1 atom stereocenters. The fraction of sp³-hybridized carbons (Fsp3) is 0.556. The van der Waals surface area contributed by atoms with E-state index in [1.807, 2.05) is 30.3 Å². The highest BCUT2D eigenvalue weighted by molar-refractivity contribution is 5.89. The van der Waals surface area contributed by atoms with Crippen LogP contribution in [0.1, 0.15) is 37.7 Å². The maximum absolute atomic E-state index is 13.2. The molecule has 1 unspecified atom stereocenters. The van der Waals surface area contributed by atoms with Crippen LogP contribution in [0.25, 0.3) is 0 Å². The van der Waals surface area contributed by atoms with Crippen molar-refractivity contribution in [3.8, 4) is 0 Å². The van der Waals surface area contributed by atoms with Crippen molar-refractivity contribution in [3.63, 3.8) is 0 Å². The Labute approximate surface area is 140 Å². The van der Waals surface area contributed by atoms with E-state index in [4.69, 9.17) is 0 Å². The number of hydrogen-bond acceptors (Lipinski definition) is 2. The summed E-state index contributed by atoms with van der Waals surface area (Å²) in [7, 11) is 0. The van der Waals surface area contributed by atoms with E-state index in [0.717, 1.165) is 5.56 Å². The molecule has 2 aliphatic rings. The minimum absolute atomic E-state index is 0.0895. The second-order valence-corrected chi connectivity index (χ2v) is 6.73. The highest BCUT2D eigenvalue weighted by Gasteiger charge is 2.39. The lowest BCUT2D eigenvalue weighted by Crippen LogP contribution is -2.45. The van der Waals surface area contributed by atoms with E-state index in [1.54, 1.807) is 4.90 Å². The van der Waals surface area contributed by atoms with Crippen LogP contribution in [0.2, 0.25) is 0 Å². The van der Waals surface area contributed by atoms with Gasteiger partial charge in [-0.2, -0.15) is 0 Å². The molecule has 1 aliphatic heterocycles. The van der Waals surface area contributed by atoms with Gasteiger partial charge in [0.1, 0.15) is 6.04 Å². The number of carbonyl (C=O) groups is 2. The Morgan fingerprint density at radius 2 is 1.83 bits per heavy atom. The van der Waals surface area contributed by atoms with E-state index in [9.17, 15) is 18.4 Å². The predicted octanol–water partition coefficient (Wildman–Crippen LogP) is 2.73. The number of amides is 2. The van der Waals surface area contributed by atoms with Gasteiger partial charge in [-0.15, -0.1) is 0 Å². The molecule has 1 saturated carbocycles. The Balaban J connectivity index is 1.51. The molecule has 3 rings (SSSR count). The van der Waals surface area contributed by atoms with Gasteiger partial charge < -0.3 is 10.2 Å². The van der Waals surface area contributed by atoms with Crippen molar-refractivity contribution in [2.75, 3.05) is 6.54 Å². The third-order valence-electron chi connectivity index (χ3n) is 4.92. The second-order valence-electron chi connectivity index (χ2n) is 6.73. The molecule has 6 heteroatoms. The molecule has 1 aliphatic carbocycles. The molecule has 1 aromatic rings. The lowest BCUT2D eigenvalue weighted by molar-refractivity contribution is -0.136. The molecule has 0 aromatic heterocycles. The number of carbonyl (C=O) groups excluding carboxylic acids is 2. The highest BCUT2D eigenvalue weighted by atomic mass is 19.3. The zero-order chi connectivity index (χ0) is 17.2. The molecule has 1 heterocycles. The summed E-state index contributed by atoms with van der Waals surface area (Å²) in [5.74, 6) is -3.40. The molecule has 24 heavy (non-hydrogen) atoms. The van der Waals surface area contributed by atoms with E-state index in [0.29, 0.717) is 19.5 Å². The van der Waals surface area contributed by atoms with Gasteiger partial charge >= 0.3 is 0 Å². The zero-order valence-electron chi connectivity index (χ0n) is 13.5. The molecule has 0 bridgehead atoms. The fourth-order valence-electron chi connectivity index (χ4n) is 3.43. The number of rotatable bonds is 4. The van der Waals surface area contributed by atoms with Gasteiger partial charge in [-0.3, -0.25) is 9.59 Å². The van der Waals surface area contributed by atoms with Crippen LogP contribution in [0, 0.1) is 5.92 Å². The van der Waals surface area contributed by atoms with Crippen molar-refractivity contribution in [3.05, 3.63) is 35.9 Å². The standard InChI is InChI=1S/C18H22F2N2O2/c19-18(20)9-6-14(7-10-18)16(23)21-15-8-11-22(17(15)24)12-13-4-2-1-3-5-13/h1-5,14-15H,6-12H2,(H,21,23). The van der Waals surface area contributed by atoms with Crippen LogP contribution >= 0.6 is 0 Å². The Hall–Kier alpha value is -1.98. The van der Waals surface area contributed by atoms with Crippen molar-refractivity contribution >= 4 is 11.8 Å². The molecule has 1 saturated heterocycles. The normalized spacial score (nSPS) is 24.2. The third kappa shape index (κ3) is 3.91. The molecule has 0 radical (unpaired) electrons. The third-order valence-corrected chi connectivity index (χ3v) is 4.92. The topological polar surface area (TPSA) is 49.4 Å². The van der Waals surface area contributed by atoms with Crippen LogP contribution in [0.4, 0.5) is 8.78 Å². The predicted molar refractivity (Wildman–Crippen MR) is 85.3 cm³/mol. The summed E-state index contributed by atoms with van der Waals surface area (Å²) < 4.78 is 26.3. The minimum atomic E-state index is -2.65. The first-order valence-corrected chi connectivity index (χ1v) is 8.45. The number of hydrogen-bond donors (Lipinski definition) is 1. The summed E-state index contributed by atoms with van der Waals surface area (Å²) in [5.41, 5.74) is 1.05. The summed E-state index contributed by atoms with van der Waals surface area (Å²) >= 11 is 0. The molecule has 4 nitrogen and oxygen atoms in total. The Bertz CT molecular complexity index is 596. The number of nitrogens with one attached hydrogen (secondary N) is 1. The summed E-state index contributed by atoms with van der Waals surface area (Å²) in [6, 6.07) is 9.17.